The summed E-state index contributed by atoms with van der Waals surface area (Å²) >= 11 is 0. The van der Waals surface area contributed by atoms with E-state index < -0.39 is 63.8 Å². The lowest BCUT2D eigenvalue weighted by Crippen LogP contribution is -2.49. The predicted octanol–water partition coefficient (Wildman–Crippen LogP) is 5.28. The number of anilines is 1. The number of ether oxygens (including phenoxy) is 2. The number of hydrogen-bond acceptors (Lipinski definition) is 7. The number of hydrogen-bond donors (Lipinski definition) is 0. The van der Waals surface area contributed by atoms with Crippen LogP contribution >= 0.6 is 0 Å². The highest BCUT2D eigenvalue weighted by molar-refractivity contribution is 6.15. The van der Waals surface area contributed by atoms with Gasteiger partial charge in [-0.05, 0) is 41.8 Å². The zero-order chi connectivity index (χ0) is 30.1. The van der Waals surface area contributed by atoms with Crippen molar-refractivity contribution in [2.75, 3.05) is 18.6 Å². The Labute approximate surface area is 237 Å². The van der Waals surface area contributed by atoms with Crippen LogP contribution in [0.2, 0.25) is 0 Å². The molecule has 1 heterocycles. The SMILES string of the molecule is CCOC(=O)C1C2c3ccc([N+](=O)[O-])cc3C(=O)C2C(c2ccccc2)C12C(=O)N(C)c1ccc(OC(F)(F)F)cc12. The fraction of sp³-hybridized carbons (Fsp3) is 0.300. The quantitative estimate of drug-likeness (QED) is 0.229. The number of non-ortho nitro benzene ring substituents is 1. The summed E-state index contributed by atoms with van der Waals surface area (Å²) in [5.74, 6) is -6.85. The maximum absolute atomic E-state index is 14.5. The minimum Gasteiger partial charge on any atom is -0.466 e. The molecule has 6 rings (SSSR count). The van der Waals surface area contributed by atoms with Gasteiger partial charge in [-0.2, -0.15) is 0 Å². The van der Waals surface area contributed by atoms with E-state index in [9.17, 15) is 37.7 Å². The minimum atomic E-state index is -5.02. The molecule has 9 nitrogen and oxygen atoms in total. The van der Waals surface area contributed by atoms with E-state index in [0.29, 0.717) is 11.1 Å². The number of ketones is 1. The highest BCUT2D eigenvalue weighted by Gasteiger charge is 2.74. The van der Waals surface area contributed by atoms with Gasteiger partial charge >= 0.3 is 12.3 Å². The maximum atomic E-state index is 14.5. The number of benzene rings is 3. The lowest BCUT2D eigenvalue weighted by Gasteiger charge is -2.36. The van der Waals surface area contributed by atoms with Crippen molar-refractivity contribution < 1.29 is 42.0 Å². The van der Waals surface area contributed by atoms with Crippen LogP contribution in [0.3, 0.4) is 0 Å². The van der Waals surface area contributed by atoms with E-state index in [1.54, 1.807) is 37.3 Å². The van der Waals surface area contributed by atoms with Crippen molar-refractivity contribution in [3.05, 3.63) is 99.1 Å². The van der Waals surface area contributed by atoms with Crippen LogP contribution in [0.1, 0.15) is 45.8 Å². The van der Waals surface area contributed by atoms with Gasteiger partial charge in [-0.15, -0.1) is 13.2 Å². The van der Waals surface area contributed by atoms with Gasteiger partial charge in [0, 0.05) is 48.2 Å². The van der Waals surface area contributed by atoms with Gasteiger partial charge in [0.15, 0.2) is 5.78 Å². The zero-order valence-corrected chi connectivity index (χ0v) is 22.3. The summed E-state index contributed by atoms with van der Waals surface area (Å²) in [6.07, 6.45) is -5.02. The molecule has 0 saturated heterocycles. The third-order valence-corrected chi connectivity index (χ3v) is 8.63. The second-order valence-corrected chi connectivity index (χ2v) is 10.5. The number of nitrogens with zero attached hydrogens (tertiary/aromatic N) is 2. The van der Waals surface area contributed by atoms with Crippen LogP contribution < -0.4 is 9.64 Å². The van der Waals surface area contributed by atoms with E-state index in [1.807, 2.05) is 0 Å². The number of alkyl halides is 3. The molecule has 1 spiro atoms. The van der Waals surface area contributed by atoms with E-state index in [2.05, 4.69) is 4.74 Å². The van der Waals surface area contributed by atoms with Gasteiger partial charge in [0.05, 0.1) is 22.9 Å². The first kappa shape index (κ1) is 27.4. The standard InChI is InChI=1S/C30H23F3N2O7/c1-3-41-27(37)25-22-18-11-9-16(35(39)40)13-19(18)26(36)23(22)24(15-7-5-4-6-8-15)29(25)20-14-17(42-30(31,32)33)10-12-21(20)34(2)28(29)38/h4-14,22-25H,3H2,1-2H3. The summed E-state index contributed by atoms with van der Waals surface area (Å²) in [6, 6.07) is 15.8. The number of likely N-dealkylation sites (N-methyl/N-ethyl adjacent to an activating group) is 1. The Morgan fingerprint density at radius 1 is 1.05 bits per heavy atom. The Hall–Kier alpha value is -4.74. The van der Waals surface area contributed by atoms with Crippen molar-refractivity contribution in [2.24, 2.45) is 11.8 Å². The molecule has 0 radical (unpaired) electrons. The maximum Gasteiger partial charge on any atom is 0.573 e. The van der Waals surface area contributed by atoms with Gasteiger partial charge in [-0.1, -0.05) is 36.4 Å². The van der Waals surface area contributed by atoms with E-state index in [4.69, 9.17) is 4.74 Å². The van der Waals surface area contributed by atoms with Crippen molar-refractivity contribution in [1.82, 2.24) is 0 Å². The first-order chi connectivity index (χ1) is 19.9. The first-order valence-electron chi connectivity index (χ1n) is 13.1. The molecule has 1 aliphatic heterocycles. The van der Waals surface area contributed by atoms with Crippen LogP contribution in [0.5, 0.6) is 5.75 Å². The molecular weight excluding hydrogens is 557 g/mol. The van der Waals surface area contributed by atoms with Crippen LogP contribution in [0, 0.1) is 22.0 Å². The van der Waals surface area contributed by atoms with Crippen molar-refractivity contribution in [3.63, 3.8) is 0 Å². The number of amides is 1. The average Bonchev–Trinajstić information content (AvgIpc) is 3.49. The number of esters is 1. The molecule has 1 saturated carbocycles. The number of halogens is 3. The lowest BCUT2D eigenvalue weighted by molar-refractivity contribution is -0.384. The highest BCUT2D eigenvalue weighted by atomic mass is 19.4. The molecule has 0 aromatic heterocycles. The van der Waals surface area contributed by atoms with Gasteiger partial charge in [-0.25, -0.2) is 0 Å². The summed E-state index contributed by atoms with van der Waals surface area (Å²) < 4.78 is 49.6. The first-order valence-corrected chi connectivity index (χ1v) is 13.1. The van der Waals surface area contributed by atoms with Crippen LogP contribution in [0.15, 0.2) is 66.7 Å². The third-order valence-electron chi connectivity index (χ3n) is 8.63. The number of Topliss-reactive ketones (excluding diaryl/α,β-unsaturated/α-hetero) is 1. The topological polar surface area (TPSA) is 116 Å². The number of rotatable bonds is 5. The van der Waals surface area contributed by atoms with Crippen LogP contribution in [0.25, 0.3) is 0 Å². The molecule has 3 aromatic rings. The normalized spacial score (nSPS) is 25.8. The average molecular weight is 581 g/mol. The molecule has 0 bridgehead atoms. The number of nitro benzene ring substituents is 1. The highest BCUT2D eigenvalue weighted by Crippen LogP contribution is 2.70. The monoisotopic (exact) mass is 580 g/mol. The Balaban J connectivity index is 1.69. The van der Waals surface area contributed by atoms with Crippen LogP contribution in [0.4, 0.5) is 24.5 Å². The summed E-state index contributed by atoms with van der Waals surface area (Å²) in [7, 11) is 1.46. The summed E-state index contributed by atoms with van der Waals surface area (Å²) in [5.41, 5.74) is -0.873. The number of carbonyl (C=O) groups is 3. The van der Waals surface area contributed by atoms with E-state index in [1.165, 1.54) is 36.2 Å². The van der Waals surface area contributed by atoms with Gasteiger partial charge in [0.1, 0.15) is 5.75 Å². The molecule has 0 N–H and O–H groups in total. The fourth-order valence-electron chi connectivity index (χ4n) is 7.34. The predicted molar refractivity (Wildman–Crippen MR) is 141 cm³/mol. The molecule has 5 atom stereocenters. The molecule has 1 fully saturated rings. The molecule has 3 aromatic carbocycles. The molecule has 42 heavy (non-hydrogen) atoms. The Bertz CT molecular complexity index is 1660. The van der Waals surface area contributed by atoms with E-state index >= 15 is 0 Å². The Morgan fingerprint density at radius 2 is 1.76 bits per heavy atom. The second-order valence-electron chi connectivity index (χ2n) is 10.5. The van der Waals surface area contributed by atoms with E-state index in [-0.39, 0.29) is 29.1 Å². The zero-order valence-electron chi connectivity index (χ0n) is 22.3. The van der Waals surface area contributed by atoms with Gasteiger partial charge in [-0.3, -0.25) is 24.5 Å². The largest absolute Gasteiger partial charge is 0.573 e. The smallest absolute Gasteiger partial charge is 0.466 e. The van der Waals surface area contributed by atoms with Gasteiger partial charge < -0.3 is 14.4 Å². The van der Waals surface area contributed by atoms with Gasteiger partial charge in [0.25, 0.3) is 5.69 Å². The second kappa shape index (κ2) is 9.40. The van der Waals surface area contributed by atoms with Crippen molar-refractivity contribution >= 4 is 29.0 Å². The Kier molecular flexibility index (Phi) is 6.14. The number of carbonyl (C=O) groups excluding carboxylic acids is 3. The summed E-state index contributed by atoms with van der Waals surface area (Å²) in [4.78, 5) is 54.9. The third kappa shape index (κ3) is 3.74. The molecule has 1 amide bonds. The molecule has 3 aliphatic rings. The van der Waals surface area contributed by atoms with Crippen LogP contribution in [-0.2, 0) is 19.7 Å². The molecular formula is C30H23F3N2O7. The Morgan fingerprint density at radius 3 is 2.40 bits per heavy atom. The summed E-state index contributed by atoms with van der Waals surface area (Å²) in [5, 5.41) is 11.5. The van der Waals surface area contributed by atoms with Crippen molar-refractivity contribution in [2.45, 2.75) is 30.5 Å². The lowest BCUT2D eigenvalue weighted by atomic mass is 9.63. The van der Waals surface area contributed by atoms with Gasteiger partial charge in [0.2, 0.25) is 5.91 Å². The van der Waals surface area contributed by atoms with Crippen molar-refractivity contribution in [1.29, 1.82) is 0 Å². The van der Waals surface area contributed by atoms with E-state index in [0.717, 1.165) is 12.1 Å². The summed E-state index contributed by atoms with van der Waals surface area (Å²) in [6.45, 7) is 1.52. The molecule has 216 valence electrons. The molecule has 5 unspecified atom stereocenters. The fourth-order valence-corrected chi connectivity index (χ4v) is 7.34. The minimum absolute atomic E-state index is 0.0615. The molecule has 2 aliphatic carbocycles. The molecule has 12 heteroatoms. The number of nitro groups is 1. The number of fused-ring (bicyclic) bond motifs is 5. The van der Waals surface area contributed by atoms with Crippen molar-refractivity contribution in [3.8, 4) is 5.75 Å². The van der Waals surface area contributed by atoms with Crippen LogP contribution in [-0.4, -0.2) is 42.6 Å².